The van der Waals surface area contributed by atoms with Crippen molar-refractivity contribution in [3.8, 4) is 0 Å². The fourth-order valence-corrected chi connectivity index (χ4v) is 3.10. The second kappa shape index (κ2) is 6.93. The van der Waals surface area contributed by atoms with E-state index in [4.69, 9.17) is 0 Å². The van der Waals surface area contributed by atoms with Crippen molar-refractivity contribution >= 4 is 17.7 Å². The van der Waals surface area contributed by atoms with Gasteiger partial charge in [-0.1, -0.05) is 18.2 Å². The van der Waals surface area contributed by atoms with Crippen LogP contribution in [0.4, 0.5) is 0 Å². The van der Waals surface area contributed by atoms with E-state index >= 15 is 0 Å². The molecule has 1 aromatic heterocycles. The summed E-state index contributed by atoms with van der Waals surface area (Å²) >= 11 is 1.72. The molecule has 0 bridgehead atoms. The molecule has 0 fully saturated rings. The lowest BCUT2D eigenvalue weighted by atomic mass is 10.2. The van der Waals surface area contributed by atoms with E-state index in [-0.39, 0.29) is 5.91 Å². The Morgan fingerprint density at radius 3 is 2.95 bits per heavy atom. The van der Waals surface area contributed by atoms with E-state index in [1.807, 2.05) is 0 Å². The van der Waals surface area contributed by atoms with Crippen molar-refractivity contribution in [3.05, 3.63) is 5.82 Å². The number of thioether (sulfide) groups is 1. The van der Waals surface area contributed by atoms with Crippen molar-refractivity contribution in [2.45, 2.75) is 50.2 Å². The lowest BCUT2D eigenvalue weighted by Crippen LogP contribution is -2.21. The van der Waals surface area contributed by atoms with Crippen LogP contribution in [0.25, 0.3) is 0 Å². The third kappa shape index (κ3) is 3.96. The smallest absolute Gasteiger partial charge is 0.222 e. The minimum atomic E-state index is 0.195. The second-order valence-electron chi connectivity index (χ2n) is 5.10. The van der Waals surface area contributed by atoms with E-state index < -0.39 is 0 Å². The predicted molar refractivity (Wildman–Crippen MR) is 76.2 cm³/mol. The number of aromatic nitrogens is 3. The maximum Gasteiger partial charge on any atom is 0.222 e. The minimum absolute atomic E-state index is 0.195. The van der Waals surface area contributed by atoms with Crippen molar-refractivity contribution in [3.63, 3.8) is 0 Å². The summed E-state index contributed by atoms with van der Waals surface area (Å²) in [6, 6.07) is 0. The summed E-state index contributed by atoms with van der Waals surface area (Å²) in [6.07, 6.45) is 6.28. The van der Waals surface area contributed by atoms with E-state index in [0.717, 1.165) is 36.1 Å². The first-order chi connectivity index (χ1) is 9.18. The lowest BCUT2D eigenvalue weighted by Gasteiger charge is -2.09. The second-order valence-corrected chi connectivity index (χ2v) is 6.16. The van der Waals surface area contributed by atoms with Gasteiger partial charge in [-0.05, 0) is 19.3 Å². The number of aryl methyl sites for hydroxylation is 1. The molecule has 5 nitrogen and oxygen atoms in total. The molecule has 19 heavy (non-hydrogen) atoms. The molecule has 1 aromatic rings. The van der Waals surface area contributed by atoms with Crippen molar-refractivity contribution in [2.24, 2.45) is 0 Å². The Morgan fingerprint density at radius 2 is 2.16 bits per heavy atom. The van der Waals surface area contributed by atoms with Gasteiger partial charge in [0.25, 0.3) is 0 Å². The van der Waals surface area contributed by atoms with E-state index in [1.54, 1.807) is 30.8 Å². The highest BCUT2D eigenvalue weighted by atomic mass is 32.2. The van der Waals surface area contributed by atoms with Crippen LogP contribution >= 0.6 is 11.8 Å². The van der Waals surface area contributed by atoms with Crippen LogP contribution in [-0.4, -0.2) is 45.4 Å². The van der Waals surface area contributed by atoms with Crippen LogP contribution < -0.4 is 0 Å². The first-order valence-electron chi connectivity index (χ1n) is 6.93. The number of rotatable bonds is 5. The van der Waals surface area contributed by atoms with E-state index in [9.17, 15) is 4.79 Å². The third-order valence-corrected chi connectivity index (χ3v) is 4.39. The Morgan fingerprint density at radius 1 is 1.32 bits per heavy atom. The zero-order chi connectivity index (χ0) is 13.7. The van der Waals surface area contributed by atoms with Crippen LogP contribution in [0, 0.1) is 0 Å². The van der Waals surface area contributed by atoms with Gasteiger partial charge in [-0.3, -0.25) is 4.79 Å². The van der Waals surface area contributed by atoms with Gasteiger partial charge < -0.3 is 9.47 Å². The van der Waals surface area contributed by atoms with Crippen LogP contribution in [0.3, 0.4) is 0 Å². The monoisotopic (exact) mass is 282 g/mol. The van der Waals surface area contributed by atoms with Crippen LogP contribution in [0.15, 0.2) is 5.16 Å². The van der Waals surface area contributed by atoms with Gasteiger partial charge in [0.15, 0.2) is 5.16 Å². The van der Waals surface area contributed by atoms with Gasteiger partial charge in [-0.2, -0.15) is 0 Å². The molecule has 1 aliphatic heterocycles. The van der Waals surface area contributed by atoms with Gasteiger partial charge >= 0.3 is 0 Å². The van der Waals surface area contributed by atoms with E-state index in [1.165, 1.54) is 19.3 Å². The molecule has 0 radical (unpaired) electrons. The van der Waals surface area contributed by atoms with Gasteiger partial charge in [0.05, 0.1) is 0 Å². The number of hydrogen-bond donors (Lipinski definition) is 0. The topological polar surface area (TPSA) is 51.0 Å². The van der Waals surface area contributed by atoms with Crippen LogP contribution in [-0.2, 0) is 17.8 Å². The fourth-order valence-electron chi connectivity index (χ4n) is 2.18. The Kier molecular flexibility index (Phi) is 5.24. The summed E-state index contributed by atoms with van der Waals surface area (Å²) < 4.78 is 2.26. The molecule has 0 saturated carbocycles. The summed E-state index contributed by atoms with van der Waals surface area (Å²) in [7, 11) is 3.60. The zero-order valence-corrected chi connectivity index (χ0v) is 12.6. The third-order valence-electron chi connectivity index (χ3n) is 3.34. The summed E-state index contributed by atoms with van der Waals surface area (Å²) in [5.74, 6) is 2.25. The molecule has 106 valence electrons. The Bertz CT molecular complexity index is 430. The maximum absolute atomic E-state index is 11.5. The van der Waals surface area contributed by atoms with Crippen LogP contribution in [0.2, 0.25) is 0 Å². The molecule has 2 heterocycles. The largest absolute Gasteiger partial charge is 0.349 e. The molecule has 0 N–H and O–H groups in total. The zero-order valence-electron chi connectivity index (χ0n) is 11.8. The Hall–Kier alpha value is -1.04. The maximum atomic E-state index is 11.5. The van der Waals surface area contributed by atoms with E-state index in [0.29, 0.717) is 6.42 Å². The number of amides is 1. The van der Waals surface area contributed by atoms with Crippen molar-refractivity contribution in [1.82, 2.24) is 19.7 Å². The van der Waals surface area contributed by atoms with Crippen molar-refractivity contribution in [1.29, 1.82) is 0 Å². The van der Waals surface area contributed by atoms with Gasteiger partial charge in [0, 0.05) is 39.2 Å². The molecule has 1 aliphatic rings. The minimum Gasteiger partial charge on any atom is -0.349 e. The normalized spacial score (nSPS) is 14.8. The van der Waals surface area contributed by atoms with Crippen LogP contribution in [0.5, 0.6) is 0 Å². The van der Waals surface area contributed by atoms with Gasteiger partial charge in [-0.15, -0.1) is 10.2 Å². The standard InChI is InChI=1S/C13H22N4OS/c1-16(2)12(18)8-6-10-19-13-15-14-11-7-4-3-5-9-17(11)13/h3-10H2,1-2H3. The summed E-state index contributed by atoms with van der Waals surface area (Å²) in [4.78, 5) is 13.1. The summed E-state index contributed by atoms with van der Waals surface area (Å²) in [5, 5.41) is 9.57. The molecule has 0 saturated heterocycles. The van der Waals surface area contributed by atoms with E-state index in [2.05, 4.69) is 14.8 Å². The molecule has 0 unspecified atom stereocenters. The highest BCUT2D eigenvalue weighted by Gasteiger charge is 2.14. The number of carbonyl (C=O) groups excluding carboxylic acids is 1. The fraction of sp³-hybridized carbons (Fsp3) is 0.769. The first-order valence-corrected chi connectivity index (χ1v) is 7.92. The average Bonchev–Trinajstić information content (AvgIpc) is 2.62. The Labute approximate surface area is 118 Å². The molecule has 0 atom stereocenters. The number of fused-ring (bicyclic) bond motifs is 1. The van der Waals surface area contributed by atoms with Gasteiger partial charge in [0.1, 0.15) is 5.82 Å². The summed E-state index contributed by atoms with van der Waals surface area (Å²) in [6.45, 7) is 1.04. The average molecular weight is 282 g/mol. The number of carbonyl (C=O) groups is 1. The SMILES string of the molecule is CN(C)C(=O)CCCSc1nnc2n1CCCCC2. The van der Waals surface area contributed by atoms with Crippen molar-refractivity contribution < 1.29 is 4.79 Å². The molecule has 1 amide bonds. The van der Waals surface area contributed by atoms with Crippen LogP contribution in [0.1, 0.15) is 37.9 Å². The quantitative estimate of drug-likeness (QED) is 0.612. The van der Waals surface area contributed by atoms with Crippen molar-refractivity contribution in [2.75, 3.05) is 19.8 Å². The molecule has 0 spiro atoms. The molecular formula is C13H22N4OS. The molecule has 0 aliphatic carbocycles. The number of hydrogen-bond acceptors (Lipinski definition) is 4. The molecule has 2 rings (SSSR count). The molecule has 0 aromatic carbocycles. The number of nitrogens with zero attached hydrogens (tertiary/aromatic N) is 4. The lowest BCUT2D eigenvalue weighted by molar-refractivity contribution is -0.128. The highest BCUT2D eigenvalue weighted by molar-refractivity contribution is 7.99. The highest BCUT2D eigenvalue weighted by Crippen LogP contribution is 2.22. The molecular weight excluding hydrogens is 260 g/mol. The van der Waals surface area contributed by atoms with Gasteiger partial charge in [-0.25, -0.2) is 0 Å². The Balaban J connectivity index is 1.80. The first kappa shape index (κ1) is 14.4. The molecule has 6 heteroatoms. The summed E-state index contributed by atoms with van der Waals surface area (Å²) in [5.41, 5.74) is 0. The van der Waals surface area contributed by atoms with Gasteiger partial charge in [0.2, 0.25) is 5.91 Å². The predicted octanol–water partition coefficient (Wildman–Crippen LogP) is 1.96.